The second-order valence-electron chi connectivity index (χ2n) is 13.6. The molecule has 0 fully saturated rings. The molecule has 0 N–H and O–H groups in total. The average Bonchev–Trinajstić information content (AvgIpc) is 3.82. The summed E-state index contributed by atoms with van der Waals surface area (Å²) >= 11 is 0. The van der Waals surface area contributed by atoms with Gasteiger partial charge in [0.15, 0.2) is 17.5 Å². The maximum absolute atomic E-state index is 6.49. The number of hydrogen-bond acceptors (Lipinski definition) is 5. The second kappa shape index (κ2) is 12.1. The molecule has 5 heteroatoms. The zero-order chi connectivity index (χ0) is 35.6. The van der Waals surface area contributed by atoms with Crippen LogP contribution in [0.1, 0.15) is 0 Å². The zero-order valence-corrected chi connectivity index (χ0v) is 28.9. The predicted molar refractivity (Wildman–Crippen MR) is 219 cm³/mol. The third-order valence-corrected chi connectivity index (χ3v) is 10.3. The van der Waals surface area contributed by atoms with E-state index in [2.05, 4.69) is 121 Å². The minimum absolute atomic E-state index is 0.586. The highest BCUT2D eigenvalue weighted by molar-refractivity contribution is 6.16. The van der Waals surface area contributed by atoms with Crippen LogP contribution in [0.5, 0.6) is 0 Å². The maximum Gasteiger partial charge on any atom is 0.164 e. The largest absolute Gasteiger partial charge is 0.456 e. The van der Waals surface area contributed by atoms with E-state index in [4.69, 9.17) is 23.8 Å². The van der Waals surface area contributed by atoms with E-state index in [-0.39, 0.29) is 0 Å². The van der Waals surface area contributed by atoms with Gasteiger partial charge in [0.05, 0.1) is 0 Å². The fourth-order valence-electron chi connectivity index (χ4n) is 7.73. The van der Waals surface area contributed by atoms with E-state index in [0.29, 0.717) is 17.5 Å². The molecule has 3 heterocycles. The van der Waals surface area contributed by atoms with Crippen molar-refractivity contribution < 1.29 is 8.83 Å². The quantitative estimate of drug-likeness (QED) is 0.180. The van der Waals surface area contributed by atoms with Gasteiger partial charge in [-0.2, -0.15) is 0 Å². The van der Waals surface area contributed by atoms with E-state index in [1.807, 2.05) is 54.6 Å². The molecule has 3 aromatic heterocycles. The van der Waals surface area contributed by atoms with Crippen LogP contribution in [0, 0.1) is 0 Å². The lowest BCUT2D eigenvalue weighted by molar-refractivity contribution is 0.669. The summed E-state index contributed by atoms with van der Waals surface area (Å²) in [5, 5.41) is 6.41. The van der Waals surface area contributed by atoms with E-state index in [0.717, 1.165) is 88.2 Å². The van der Waals surface area contributed by atoms with Crippen LogP contribution in [0.4, 0.5) is 0 Å². The van der Waals surface area contributed by atoms with E-state index >= 15 is 0 Å². The predicted octanol–water partition coefficient (Wildman–Crippen LogP) is 13.2. The first-order chi connectivity index (χ1) is 26.7. The summed E-state index contributed by atoms with van der Waals surface area (Å²) in [4.78, 5) is 15.3. The first-order valence-corrected chi connectivity index (χ1v) is 18.0. The van der Waals surface area contributed by atoms with Crippen LogP contribution >= 0.6 is 0 Å². The van der Waals surface area contributed by atoms with Crippen molar-refractivity contribution in [2.75, 3.05) is 0 Å². The molecule has 11 aromatic rings. The summed E-state index contributed by atoms with van der Waals surface area (Å²) in [5.41, 5.74) is 10.5. The van der Waals surface area contributed by atoms with Gasteiger partial charge in [-0.05, 0) is 75.5 Å². The standard InChI is InChI=1S/C49H29N3O2/c1-3-11-30(12-4-1)34-23-25-38-44(29-34)54-42-19-9-17-37(45(38)42)35-24-26-41-40(28-35)46-39(18-10-20-43(46)53-41)49-51-47(32-14-5-2-6-15-32)50-48(52-49)36-22-21-31-13-7-8-16-33(31)27-36/h1-29H. The molecule has 0 radical (unpaired) electrons. The number of nitrogens with zero attached hydrogens (tertiary/aromatic N) is 3. The molecule has 5 nitrogen and oxygen atoms in total. The van der Waals surface area contributed by atoms with Gasteiger partial charge in [0, 0.05) is 38.2 Å². The Hall–Kier alpha value is -7.37. The summed E-state index contributed by atoms with van der Waals surface area (Å²) in [6.45, 7) is 0. The van der Waals surface area contributed by atoms with Crippen LogP contribution in [0.15, 0.2) is 185 Å². The van der Waals surface area contributed by atoms with Gasteiger partial charge in [0.1, 0.15) is 22.3 Å². The highest BCUT2D eigenvalue weighted by Gasteiger charge is 2.20. The zero-order valence-electron chi connectivity index (χ0n) is 28.9. The van der Waals surface area contributed by atoms with Gasteiger partial charge < -0.3 is 8.83 Å². The van der Waals surface area contributed by atoms with Crippen LogP contribution < -0.4 is 0 Å². The van der Waals surface area contributed by atoms with Crippen LogP contribution in [0.3, 0.4) is 0 Å². The Labute approximate surface area is 309 Å². The number of furan rings is 2. The lowest BCUT2D eigenvalue weighted by Gasteiger charge is -2.10. The first kappa shape index (κ1) is 30.3. The van der Waals surface area contributed by atoms with E-state index in [1.54, 1.807) is 0 Å². The number of fused-ring (bicyclic) bond motifs is 7. The number of rotatable bonds is 5. The fourth-order valence-corrected chi connectivity index (χ4v) is 7.73. The Kier molecular flexibility index (Phi) is 6.79. The molecule has 0 saturated carbocycles. The molecule has 0 aliphatic carbocycles. The first-order valence-electron chi connectivity index (χ1n) is 18.0. The molecule has 8 aromatic carbocycles. The van der Waals surface area contributed by atoms with Crippen molar-refractivity contribution in [3.63, 3.8) is 0 Å². The molecule has 0 aliphatic rings. The second-order valence-corrected chi connectivity index (χ2v) is 13.6. The van der Waals surface area contributed by atoms with Gasteiger partial charge in [-0.25, -0.2) is 15.0 Å². The van der Waals surface area contributed by atoms with Gasteiger partial charge >= 0.3 is 0 Å². The molecule has 0 amide bonds. The van der Waals surface area contributed by atoms with Gasteiger partial charge in [-0.15, -0.1) is 0 Å². The minimum Gasteiger partial charge on any atom is -0.456 e. The Balaban J connectivity index is 1.10. The van der Waals surface area contributed by atoms with Gasteiger partial charge in [-0.1, -0.05) is 133 Å². The molecule has 0 aliphatic heterocycles. The molecule has 0 unspecified atom stereocenters. The average molecular weight is 692 g/mol. The fraction of sp³-hybridized carbons (Fsp3) is 0. The topological polar surface area (TPSA) is 65.0 Å². The summed E-state index contributed by atoms with van der Waals surface area (Å²) in [7, 11) is 0. The van der Waals surface area contributed by atoms with E-state index in [9.17, 15) is 0 Å². The Morgan fingerprint density at radius 1 is 0.296 bits per heavy atom. The van der Waals surface area contributed by atoms with Crippen LogP contribution in [0.2, 0.25) is 0 Å². The number of aromatic nitrogens is 3. The summed E-state index contributed by atoms with van der Waals surface area (Å²) in [6.07, 6.45) is 0. The van der Waals surface area contributed by atoms with Gasteiger partial charge in [0.2, 0.25) is 0 Å². The molecule has 54 heavy (non-hydrogen) atoms. The molecule has 0 bridgehead atoms. The molecule has 0 saturated heterocycles. The van der Waals surface area contributed by atoms with Crippen LogP contribution in [-0.2, 0) is 0 Å². The summed E-state index contributed by atoms with van der Waals surface area (Å²) in [6, 6.07) is 60.4. The van der Waals surface area contributed by atoms with Crippen LogP contribution in [0.25, 0.3) is 111 Å². The van der Waals surface area contributed by atoms with Gasteiger partial charge in [-0.3, -0.25) is 0 Å². The van der Waals surface area contributed by atoms with Crippen molar-refractivity contribution in [2.45, 2.75) is 0 Å². The Bertz CT molecular complexity index is 3220. The molecule has 0 spiro atoms. The molecular formula is C49H29N3O2. The lowest BCUT2D eigenvalue weighted by atomic mass is 9.96. The highest BCUT2D eigenvalue weighted by atomic mass is 16.3. The van der Waals surface area contributed by atoms with E-state index < -0.39 is 0 Å². The van der Waals surface area contributed by atoms with Crippen molar-refractivity contribution in [3.05, 3.63) is 176 Å². The van der Waals surface area contributed by atoms with E-state index in [1.165, 1.54) is 5.39 Å². The van der Waals surface area contributed by atoms with Gasteiger partial charge in [0.25, 0.3) is 0 Å². The van der Waals surface area contributed by atoms with Crippen molar-refractivity contribution in [3.8, 4) is 56.4 Å². The maximum atomic E-state index is 6.49. The monoisotopic (exact) mass is 691 g/mol. The van der Waals surface area contributed by atoms with Crippen molar-refractivity contribution >= 4 is 54.6 Å². The number of hydrogen-bond donors (Lipinski definition) is 0. The molecule has 0 atom stereocenters. The van der Waals surface area contributed by atoms with Crippen molar-refractivity contribution in [1.82, 2.24) is 15.0 Å². The molecule has 11 rings (SSSR count). The van der Waals surface area contributed by atoms with Crippen molar-refractivity contribution in [2.24, 2.45) is 0 Å². The normalized spacial score (nSPS) is 11.7. The smallest absolute Gasteiger partial charge is 0.164 e. The summed E-state index contributed by atoms with van der Waals surface area (Å²) < 4.78 is 13.0. The van der Waals surface area contributed by atoms with Crippen molar-refractivity contribution in [1.29, 1.82) is 0 Å². The number of benzene rings is 8. The highest BCUT2D eigenvalue weighted by Crippen LogP contribution is 2.42. The molecular weight excluding hydrogens is 663 g/mol. The summed E-state index contributed by atoms with van der Waals surface area (Å²) in [5.74, 6) is 1.81. The SMILES string of the molecule is c1ccc(-c2ccc3c(c2)oc2cccc(-c4ccc5oc6cccc(-c7nc(-c8ccccc8)nc(-c8ccc9ccccc9c8)n7)c6c5c4)c23)cc1. The Morgan fingerprint density at radius 3 is 1.70 bits per heavy atom. The Morgan fingerprint density at radius 2 is 0.907 bits per heavy atom. The van der Waals surface area contributed by atoms with Crippen LogP contribution in [-0.4, -0.2) is 15.0 Å². The molecule has 252 valence electrons. The third-order valence-electron chi connectivity index (χ3n) is 10.3. The lowest BCUT2D eigenvalue weighted by Crippen LogP contribution is -2.00. The minimum atomic E-state index is 0.586. The third kappa shape index (κ3) is 4.98.